The lowest BCUT2D eigenvalue weighted by Crippen LogP contribution is -2.40. The van der Waals surface area contributed by atoms with Gasteiger partial charge in [-0.3, -0.25) is 4.79 Å². The van der Waals surface area contributed by atoms with E-state index in [1.165, 1.54) is 12.8 Å². The number of halogens is 1. The maximum atomic E-state index is 12.9. The fourth-order valence-corrected chi connectivity index (χ4v) is 3.56. The molecule has 2 heterocycles. The number of rotatable bonds is 4. The highest BCUT2D eigenvalue weighted by molar-refractivity contribution is 9.10. The molecular weight excluding hydrogens is 316 g/mol. The van der Waals surface area contributed by atoms with Gasteiger partial charge in [-0.15, -0.1) is 0 Å². The van der Waals surface area contributed by atoms with E-state index in [1.807, 2.05) is 12.3 Å². The molecular formula is C16H25BrN2O. The Morgan fingerprint density at radius 1 is 1.35 bits per heavy atom. The van der Waals surface area contributed by atoms with Crippen LogP contribution in [0.25, 0.3) is 0 Å². The highest BCUT2D eigenvalue weighted by Crippen LogP contribution is 2.23. The molecule has 0 aliphatic carbocycles. The fourth-order valence-electron chi connectivity index (χ4n) is 3.10. The Hall–Kier alpha value is -0.770. The summed E-state index contributed by atoms with van der Waals surface area (Å²) in [6.45, 7) is 6.14. The number of aromatic nitrogens is 1. The third kappa shape index (κ3) is 3.46. The van der Waals surface area contributed by atoms with Crippen molar-refractivity contribution in [2.45, 2.75) is 65.0 Å². The number of hydrogen-bond donors (Lipinski definition) is 0. The first-order valence-electron chi connectivity index (χ1n) is 7.84. The highest BCUT2D eigenvalue weighted by Gasteiger charge is 2.27. The van der Waals surface area contributed by atoms with Gasteiger partial charge < -0.3 is 9.47 Å². The number of carbonyl (C=O) groups excluding carboxylic acids is 1. The molecule has 3 nitrogen and oxygen atoms in total. The Labute approximate surface area is 130 Å². The van der Waals surface area contributed by atoms with Crippen LogP contribution < -0.4 is 0 Å². The summed E-state index contributed by atoms with van der Waals surface area (Å²) in [5.74, 6) is 0.206. The largest absolute Gasteiger partial charge is 0.342 e. The van der Waals surface area contributed by atoms with Gasteiger partial charge in [-0.1, -0.05) is 26.7 Å². The molecule has 1 aliphatic rings. The van der Waals surface area contributed by atoms with Crippen LogP contribution in [-0.4, -0.2) is 28.0 Å². The third-order valence-corrected chi connectivity index (χ3v) is 4.59. The van der Waals surface area contributed by atoms with Gasteiger partial charge in [0.25, 0.3) is 5.91 Å². The molecule has 4 heteroatoms. The van der Waals surface area contributed by atoms with Crippen LogP contribution in [0.4, 0.5) is 0 Å². The van der Waals surface area contributed by atoms with Gasteiger partial charge >= 0.3 is 0 Å². The molecule has 0 N–H and O–H groups in total. The van der Waals surface area contributed by atoms with Crippen molar-refractivity contribution >= 4 is 21.8 Å². The Kier molecular flexibility index (Phi) is 5.70. The predicted molar refractivity (Wildman–Crippen MR) is 86.0 cm³/mol. The average molecular weight is 341 g/mol. The molecule has 1 aromatic rings. The molecule has 0 bridgehead atoms. The predicted octanol–water partition coefficient (Wildman–Crippen LogP) is 4.46. The maximum Gasteiger partial charge on any atom is 0.270 e. The molecule has 1 amide bonds. The molecule has 1 unspecified atom stereocenters. The lowest BCUT2D eigenvalue weighted by molar-refractivity contribution is 0.0667. The van der Waals surface area contributed by atoms with Crippen molar-refractivity contribution in [1.29, 1.82) is 0 Å². The minimum atomic E-state index is 0.206. The number of likely N-dealkylation sites (tertiary alicyclic amines) is 1. The second-order valence-corrected chi connectivity index (χ2v) is 6.56. The molecule has 0 spiro atoms. The zero-order valence-corrected chi connectivity index (χ0v) is 14.2. The Balaban J connectivity index is 2.24. The van der Waals surface area contributed by atoms with Crippen molar-refractivity contribution in [2.75, 3.05) is 6.54 Å². The topological polar surface area (TPSA) is 25.2 Å². The third-order valence-electron chi connectivity index (χ3n) is 4.16. The second-order valence-electron chi connectivity index (χ2n) is 5.65. The van der Waals surface area contributed by atoms with E-state index in [0.29, 0.717) is 6.04 Å². The van der Waals surface area contributed by atoms with E-state index in [-0.39, 0.29) is 5.91 Å². The van der Waals surface area contributed by atoms with Crippen molar-refractivity contribution in [3.63, 3.8) is 0 Å². The van der Waals surface area contributed by atoms with E-state index in [4.69, 9.17) is 0 Å². The van der Waals surface area contributed by atoms with E-state index in [0.717, 1.165) is 48.9 Å². The van der Waals surface area contributed by atoms with Gasteiger partial charge in [-0.25, -0.2) is 0 Å². The number of carbonyl (C=O) groups is 1. The van der Waals surface area contributed by atoms with E-state index in [1.54, 1.807) is 0 Å². The van der Waals surface area contributed by atoms with Crippen molar-refractivity contribution in [2.24, 2.45) is 0 Å². The summed E-state index contributed by atoms with van der Waals surface area (Å²) in [7, 11) is 0. The molecule has 0 aromatic carbocycles. The maximum absolute atomic E-state index is 12.9. The summed E-state index contributed by atoms with van der Waals surface area (Å²) in [5, 5.41) is 0. The van der Waals surface area contributed by atoms with Gasteiger partial charge in [-0.05, 0) is 47.7 Å². The Bertz CT molecular complexity index is 455. The summed E-state index contributed by atoms with van der Waals surface area (Å²) in [6.07, 6.45) is 8.91. The summed E-state index contributed by atoms with van der Waals surface area (Å²) >= 11 is 3.50. The van der Waals surface area contributed by atoms with E-state index < -0.39 is 0 Å². The molecule has 20 heavy (non-hydrogen) atoms. The zero-order chi connectivity index (χ0) is 14.5. The first-order valence-corrected chi connectivity index (χ1v) is 8.63. The molecule has 1 aliphatic heterocycles. The minimum Gasteiger partial charge on any atom is -0.342 e. The summed E-state index contributed by atoms with van der Waals surface area (Å²) < 4.78 is 3.08. The quantitative estimate of drug-likeness (QED) is 0.794. The molecule has 1 aromatic heterocycles. The van der Waals surface area contributed by atoms with Crippen LogP contribution >= 0.6 is 15.9 Å². The molecule has 1 atom stereocenters. The highest BCUT2D eigenvalue weighted by atomic mass is 79.9. The van der Waals surface area contributed by atoms with Crippen LogP contribution in [0.15, 0.2) is 16.7 Å². The summed E-state index contributed by atoms with van der Waals surface area (Å²) in [6, 6.07) is 2.38. The fraction of sp³-hybridized carbons (Fsp3) is 0.688. The molecule has 1 fully saturated rings. The van der Waals surface area contributed by atoms with Gasteiger partial charge in [0.2, 0.25) is 0 Å². The zero-order valence-electron chi connectivity index (χ0n) is 12.6. The first kappa shape index (κ1) is 15.6. The summed E-state index contributed by atoms with van der Waals surface area (Å²) in [5.41, 5.74) is 0.832. The van der Waals surface area contributed by atoms with Crippen LogP contribution in [0.5, 0.6) is 0 Å². The van der Waals surface area contributed by atoms with Crippen molar-refractivity contribution in [3.8, 4) is 0 Å². The summed E-state index contributed by atoms with van der Waals surface area (Å²) in [4.78, 5) is 15.0. The lowest BCUT2D eigenvalue weighted by Gasteiger charge is -2.29. The molecule has 1 saturated heterocycles. The van der Waals surface area contributed by atoms with Crippen molar-refractivity contribution < 1.29 is 4.79 Å². The molecule has 2 rings (SSSR count). The number of hydrogen-bond acceptors (Lipinski definition) is 1. The lowest BCUT2D eigenvalue weighted by atomic mass is 10.1. The van der Waals surface area contributed by atoms with E-state index in [2.05, 4.69) is 39.2 Å². The SMILES string of the molecule is CCCn1cc(Br)cc1C(=O)N1CCCCCC1CC. The normalized spacial score (nSPS) is 19.9. The van der Waals surface area contributed by atoms with Gasteiger partial charge in [0, 0.05) is 29.8 Å². The standard InChI is InChI=1S/C16H25BrN2O/c1-3-9-18-12-13(17)11-15(18)16(20)19-10-7-5-6-8-14(19)4-2/h11-12,14H,3-10H2,1-2H3. The minimum absolute atomic E-state index is 0.206. The van der Waals surface area contributed by atoms with Crippen LogP contribution in [0.3, 0.4) is 0 Å². The first-order chi connectivity index (χ1) is 9.67. The van der Waals surface area contributed by atoms with Crippen LogP contribution in [-0.2, 0) is 6.54 Å². The van der Waals surface area contributed by atoms with E-state index in [9.17, 15) is 4.79 Å². The van der Waals surface area contributed by atoms with Crippen LogP contribution in [0.2, 0.25) is 0 Å². The Morgan fingerprint density at radius 2 is 2.15 bits per heavy atom. The number of nitrogens with zero attached hydrogens (tertiary/aromatic N) is 2. The van der Waals surface area contributed by atoms with E-state index >= 15 is 0 Å². The van der Waals surface area contributed by atoms with Crippen LogP contribution in [0, 0.1) is 0 Å². The smallest absolute Gasteiger partial charge is 0.270 e. The van der Waals surface area contributed by atoms with Gasteiger partial charge in [0.05, 0.1) is 0 Å². The van der Waals surface area contributed by atoms with Gasteiger partial charge in [-0.2, -0.15) is 0 Å². The molecule has 0 saturated carbocycles. The molecule has 0 radical (unpaired) electrons. The van der Waals surface area contributed by atoms with Gasteiger partial charge in [0.1, 0.15) is 5.69 Å². The second kappa shape index (κ2) is 7.30. The van der Waals surface area contributed by atoms with Gasteiger partial charge in [0.15, 0.2) is 0 Å². The molecule has 112 valence electrons. The number of amides is 1. The van der Waals surface area contributed by atoms with Crippen LogP contribution in [0.1, 0.15) is 62.9 Å². The van der Waals surface area contributed by atoms with Crippen molar-refractivity contribution in [3.05, 3.63) is 22.4 Å². The monoisotopic (exact) mass is 340 g/mol. The number of aryl methyl sites for hydroxylation is 1. The average Bonchev–Trinajstić information content (AvgIpc) is 2.66. The Morgan fingerprint density at radius 3 is 2.85 bits per heavy atom. The van der Waals surface area contributed by atoms with Crippen molar-refractivity contribution in [1.82, 2.24) is 9.47 Å².